The minimum Gasteiger partial charge on any atom is -0.462 e. The van der Waals surface area contributed by atoms with E-state index in [1.165, 1.54) is 51.4 Å². The third-order valence-corrected chi connectivity index (χ3v) is 6.64. The first-order valence-corrected chi connectivity index (χ1v) is 10.1. The predicted octanol–water partition coefficient (Wildman–Crippen LogP) is 4.25. The molecule has 2 fully saturated rings. The van der Waals surface area contributed by atoms with Crippen LogP contribution in [0.15, 0.2) is 12.1 Å². The van der Waals surface area contributed by atoms with Crippen molar-refractivity contribution in [3.63, 3.8) is 0 Å². The van der Waals surface area contributed by atoms with Crippen LogP contribution < -0.4 is 21.9 Å². The number of ether oxygens (including phenoxy) is 1. The van der Waals surface area contributed by atoms with Crippen LogP contribution in [0.4, 0.5) is 11.4 Å². The van der Waals surface area contributed by atoms with E-state index in [9.17, 15) is 0 Å². The molecule has 0 spiro atoms. The van der Waals surface area contributed by atoms with Crippen LogP contribution in [0.5, 0.6) is 5.75 Å². The molecule has 4 nitrogen and oxygen atoms in total. The molecule has 2 saturated carbocycles. The smallest absolute Gasteiger partial charge is 0.210 e. The Kier molecular flexibility index (Phi) is 5.98. The summed E-state index contributed by atoms with van der Waals surface area (Å²) in [5.41, 5.74) is 20.4. The molecule has 26 heavy (non-hydrogen) atoms. The van der Waals surface area contributed by atoms with E-state index < -0.39 is 6.23 Å². The van der Waals surface area contributed by atoms with Crippen molar-refractivity contribution in [2.24, 2.45) is 23.5 Å². The van der Waals surface area contributed by atoms with Crippen LogP contribution in [0.1, 0.15) is 69.8 Å². The lowest BCUT2D eigenvalue weighted by atomic mass is 9.68. The standard InChI is InChI=1S/C22H33N3O/c1-3-20(23)26-19-13-12-18(21(24)22(19)25)17-10-8-16(9-11-17)15-6-4-14(2)5-7-15/h1,12-17,20H,4-11,23-25H2,2H3. The van der Waals surface area contributed by atoms with Crippen molar-refractivity contribution in [1.82, 2.24) is 0 Å². The maximum atomic E-state index is 6.33. The van der Waals surface area contributed by atoms with Crippen molar-refractivity contribution in [2.75, 3.05) is 11.5 Å². The highest BCUT2D eigenvalue weighted by molar-refractivity contribution is 5.74. The molecular formula is C22H33N3O. The fourth-order valence-electron chi connectivity index (χ4n) is 4.92. The first-order chi connectivity index (χ1) is 12.5. The van der Waals surface area contributed by atoms with Gasteiger partial charge in [-0.1, -0.05) is 25.8 Å². The van der Waals surface area contributed by atoms with Crippen LogP contribution in [0, 0.1) is 30.1 Å². The summed E-state index contributed by atoms with van der Waals surface area (Å²) in [5, 5.41) is 0. The molecule has 0 aromatic heterocycles. The van der Waals surface area contributed by atoms with Gasteiger partial charge in [0.25, 0.3) is 0 Å². The average Bonchev–Trinajstić information content (AvgIpc) is 2.66. The molecule has 3 rings (SSSR count). The minimum atomic E-state index is -0.809. The summed E-state index contributed by atoms with van der Waals surface area (Å²) in [6.07, 6.45) is 15.1. The first kappa shape index (κ1) is 18.9. The number of hydrogen-bond donors (Lipinski definition) is 3. The van der Waals surface area contributed by atoms with E-state index in [0.717, 1.165) is 23.3 Å². The van der Waals surface area contributed by atoms with Gasteiger partial charge >= 0.3 is 0 Å². The summed E-state index contributed by atoms with van der Waals surface area (Å²) >= 11 is 0. The van der Waals surface area contributed by atoms with Gasteiger partial charge in [-0.2, -0.15) is 0 Å². The van der Waals surface area contributed by atoms with Gasteiger partial charge in [0.05, 0.1) is 11.4 Å². The van der Waals surface area contributed by atoms with Crippen molar-refractivity contribution in [3.05, 3.63) is 17.7 Å². The maximum absolute atomic E-state index is 6.33. The Labute approximate surface area is 157 Å². The second-order valence-electron chi connectivity index (χ2n) is 8.32. The van der Waals surface area contributed by atoms with Gasteiger partial charge in [-0.15, -0.1) is 6.42 Å². The minimum absolute atomic E-state index is 0.455. The highest BCUT2D eigenvalue weighted by Gasteiger charge is 2.31. The number of nitrogens with two attached hydrogens (primary N) is 3. The Bertz CT molecular complexity index is 650. The number of hydrogen-bond acceptors (Lipinski definition) is 4. The topological polar surface area (TPSA) is 87.3 Å². The Balaban J connectivity index is 1.62. The van der Waals surface area contributed by atoms with Gasteiger partial charge in [0.15, 0.2) is 0 Å². The Morgan fingerprint density at radius 1 is 0.962 bits per heavy atom. The van der Waals surface area contributed by atoms with Gasteiger partial charge in [-0.25, -0.2) is 0 Å². The van der Waals surface area contributed by atoms with Gasteiger partial charge < -0.3 is 16.2 Å². The summed E-state index contributed by atoms with van der Waals surface area (Å²) in [5.74, 6) is 6.06. The predicted molar refractivity (Wildman–Crippen MR) is 109 cm³/mol. The number of nitrogen functional groups attached to an aromatic ring is 2. The second-order valence-corrected chi connectivity index (χ2v) is 8.32. The Morgan fingerprint density at radius 2 is 1.54 bits per heavy atom. The van der Waals surface area contributed by atoms with Gasteiger partial charge in [0, 0.05) is 0 Å². The SMILES string of the molecule is C#CC(N)Oc1ccc(C2CCC(C3CCC(C)CC3)CC2)c(N)c1N. The van der Waals surface area contributed by atoms with E-state index in [2.05, 4.69) is 12.8 Å². The number of terminal acetylenes is 1. The van der Waals surface area contributed by atoms with E-state index in [-0.39, 0.29) is 0 Å². The molecule has 6 N–H and O–H groups in total. The van der Waals surface area contributed by atoms with Crippen molar-refractivity contribution >= 4 is 11.4 Å². The maximum Gasteiger partial charge on any atom is 0.210 e. The Morgan fingerprint density at radius 3 is 2.12 bits per heavy atom. The van der Waals surface area contributed by atoms with Crippen LogP contribution in [-0.2, 0) is 0 Å². The van der Waals surface area contributed by atoms with E-state index in [4.69, 9.17) is 28.4 Å². The molecule has 0 heterocycles. The van der Waals surface area contributed by atoms with Crippen molar-refractivity contribution in [2.45, 2.75) is 70.4 Å². The van der Waals surface area contributed by atoms with E-state index in [1.807, 2.05) is 12.1 Å². The van der Waals surface area contributed by atoms with E-state index in [0.29, 0.717) is 23.0 Å². The third kappa shape index (κ3) is 4.10. The molecule has 0 bridgehead atoms. The summed E-state index contributed by atoms with van der Waals surface area (Å²) in [4.78, 5) is 0. The highest BCUT2D eigenvalue weighted by Crippen LogP contribution is 2.46. The second kappa shape index (κ2) is 8.22. The quantitative estimate of drug-likeness (QED) is 0.428. The number of anilines is 2. The van der Waals surface area contributed by atoms with Crippen LogP contribution in [0.25, 0.3) is 0 Å². The van der Waals surface area contributed by atoms with Crippen LogP contribution in [-0.4, -0.2) is 6.23 Å². The summed E-state index contributed by atoms with van der Waals surface area (Å²) in [6.45, 7) is 2.39. The molecule has 0 amide bonds. The molecule has 4 heteroatoms. The lowest BCUT2D eigenvalue weighted by Gasteiger charge is -2.37. The van der Waals surface area contributed by atoms with Crippen molar-refractivity contribution < 1.29 is 4.74 Å². The Hall–Kier alpha value is -1.86. The van der Waals surface area contributed by atoms with E-state index >= 15 is 0 Å². The normalized spacial score (nSPS) is 30.3. The van der Waals surface area contributed by atoms with E-state index in [1.54, 1.807) is 0 Å². The van der Waals surface area contributed by atoms with Gasteiger partial charge in [-0.3, -0.25) is 5.73 Å². The zero-order valence-electron chi connectivity index (χ0n) is 15.9. The fourth-order valence-corrected chi connectivity index (χ4v) is 4.92. The monoisotopic (exact) mass is 355 g/mol. The molecule has 1 atom stereocenters. The lowest BCUT2D eigenvalue weighted by molar-refractivity contribution is 0.165. The van der Waals surface area contributed by atoms with Gasteiger partial charge in [-0.05, 0) is 79.7 Å². The first-order valence-electron chi connectivity index (χ1n) is 10.1. The molecule has 142 valence electrons. The van der Waals surface area contributed by atoms with Crippen LogP contribution in [0.3, 0.4) is 0 Å². The fraction of sp³-hybridized carbons (Fsp3) is 0.636. The molecule has 0 saturated heterocycles. The zero-order valence-corrected chi connectivity index (χ0v) is 15.9. The summed E-state index contributed by atoms with van der Waals surface area (Å²) in [7, 11) is 0. The molecule has 1 aromatic rings. The summed E-state index contributed by atoms with van der Waals surface area (Å²) in [6, 6.07) is 3.89. The van der Waals surface area contributed by atoms with Crippen LogP contribution in [0.2, 0.25) is 0 Å². The van der Waals surface area contributed by atoms with Crippen LogP contribution >= 0.6 is 0 Å². The van der Waals surface area contributed by atoms with Crippen molar-refractivity contribution in [3.8, 4) is 18.1 Å². The zero-order chi connectivity index (χ0) is 18.7. The highest BCUT2D eigenvalue weighted by atomic mass is 16.5. The molecule has 2 aliphatic rings. The molecule has 0 aliphatic heterocycles. The van der Waals surface area contributed by atoms with Crippen molar-refractivity contribution in [1.29, 1.82) is 0 Å². The molecule has 1 unspecified atom stereocenters. The molecule has 2 aliphatic carbocycles. The lowest BCUT2D eigenvalue weighted by Crippen LogP contribution is -2.26. The molecule has 1 aromatic carbocycles. The third-order valence-electron chi connectivity index (χ3n) is 6.64. The summed E-state index contributed by atoms with van der Waals surface area (Å²) < 4.78 is 5.46. The van der Waals surface area contributed by atoms with Gasteiger partial charge in [0.1, 0.15) is 5.75 Å². The largest absolute Gasteiger partial charge is 0.462 e. The molecular weight excluding hydrogens is 322 g/mol. The molecule has 0 radical (unpaired) electrons. The average molecular weight is 356 g/mol. The number of benzene rings is 1. The van der Waals surface area contributed by atoms with Gasteiger partial charge in [0.2, 0.25) is 6.23 Å². The number of rotatable bonds is 4.